The van der Waals surface area contributed by atoms with Gasteiger partial charge < -0.3 is 15.5 Å². The van der Waals surface area contributed by atoms with Crippen molar-refractivity contribution in [2.24, 2.45) is 5.41 Å². The molecule has 1 amide bonds. The summed E-state index contributed by atoms with van der Waals surface area (Å²) in [5.74, 6) is 1.69. The molecule has 0 radical (unpaired) electrons. The number of aryl methyl sites for hydroxylation is 1. The van der Waals surface area contributed by atoms with Crippen LogP contribution < -0.4 is 15.5 Å². The van der Waals surface area contributed by atoms with Crippen molar-refractivity contribution in [2.75, 3.05) is 24.3 Å². The van der Waals surface area contributed by atoms with Crippen LogP contribution in [0.15, 0.2) is 48.5 Å². The largest absolute Gasteiger partial charge is 0.362 e. The highest BCUT2D eigenvalue weighted by atomic mass is 16.1. The molecule has 2 aliphatic rings. The van der Waals surface area contributed by atoms with E-state index in [9.17, 15) is 4.79 Å². The molecule has 0 bridgehead atoms. The predicted octanol–water partition coefficient (Wildman–Crippen LogP) is 4.55. The van der Waals surface area contributed by atoms with E-state index in [1.807, 2.05) is 68.4 Å². The molecule has 166 valence electrons. The van der Waals surface area contributed by atoms with Crippen molar-refractivity contribution >= 4 is 28.6 Å². The zero-order valence-electron chi connectivity index (χ0n) is 19.1. The lowest BCUT2D eigenvalue weighted by Crippen LogP contribution is -2.34. The summed E-state index contributed by atoms with van der Waals surface area (Å²) in [6.07, 6.45) is 5.48. The Bertz CT molecular complexity index is 1130. The highest BCUT2D eigenvalue weighted by molar-refractivity contribution is 5.94. The lowest BCUT2D eigenvalue weighted by molar-refractivity contribution is 0.0941. The smallest absolute Gasteiger partial charge is 0.251 e. The molecule has 1 atom stereocenters. The first-order chi connectivity index (χ1) is 15.4. The van der Waals surface area contributed by atoms with E-state index in [2.05, 4.69) is 16.7 Å². The zero-order chi connectivity index (χ0) is 22.3. The van der Waals surface area contributed by atoms with Gasteiger partial charge in [0, 0.05) is 37.1 Å². The van der Waals surface area contributed by atoms with E-state index in [-0.39, 0.29) is 11.3 Å². The predicted molar refractivity (Wildman–Crippen MR) is 129 cm³/mol. The van der Waals surface area contributed by atoms with Crippen LogP contribution in [0.25, 0.3) is 10.9 Å². The zero-order valence-corrected chi connectivity index (χ0v) is 19.1. The standard InChI is InChI=1S/C26H31N5O/c1-17-8-10-18(11-9-17)24(32)29-22-16-26(22)14-12-19(13-15-26)27-25-28-21-7-5-4-6-20(21)23(30-25)31(2)3/h4-11,19,22H,12-16H2,1-3H3,(H,29,32)(H,27,28,30)/t19?,22-,26?/m1/s1. The van der Waals surface area contributed by atoms with Crippen molar-refractivity contribution in [3.8, 4) is 0 Å². The van der Waals surface area contributed by atoms with Crippen LogP contribution in [-0.2, 0) is 0 Å². The van der Waals surface area contributed by atoms with E-state index in [0.717, 1.165) is 54.4 Å². The molecule has 2 aromatic carbocycles. The fourth-order valence-electron chi connectivity index (χ4n) is 5.04. The lowest BCUT2D eigenvalue weighted by atomic mass is 9.83. The molecule has 2 fully saturated rings. The van der Waals surface area contributed by atoms with Crippen molar-refractivity contribution < 1.29 is 4.79 Å². The quantitative estimate of drug-likeness (QED) is 0.623. The fraction of sp³-hybridized carbons (Fsp3) is 0.423. The average Bonchev–Trinajstić information content (AvgIpc) is 3.46. The van der Waals surface area contributed by atoms with Gasteiger partial charge in [0.25, 0.3) is 5.91 Å². The normalized spacial score (nSPS) is 24.3. The van der Waals surface area contributed by atoms with E-state index in [0.29, 0.717) is 18.0 Å². The Kier molecular flexibility index (Phi) is 5.24. The molecule has 0 unspecified atom stereocenters. The maximum Gasteiger partial charge on any atom is 0.251 e. The van der Waals surface area contributed by atoms with Gasteiger partial charge in [-0.15, -0.1) is 0 Å². The molecule has 6 heteroatoms. The number of amides is 1. The first kappa shape index (κ1) is 20.7. The van der Waals surface area contributed by atoms with Gasteiger partial charge in [-0.05, 0) is 68.7 Å². The van der Waals surface area contributed by atoms with Gasteiger partial charge >= 0.3 is 0 Å². The van der Waals surface area contributed by atoms with Crippen molar-refractivity contribution in [1.29, 1.82) is 0 Å². The van der Waals surface area contributed by atoms with E-state index in [1.165, 1.54) is 5.56 Å². The topological polar surface area (TPSA) is 70.2 Å². The Hall–Kier alpha value is -3.15. The summed E-state index contributed by atoms with van der Waals surface area (Å²) in [4.78, 5) is 24.2. The summed E-state index contributed by atoms with van der Waals surface area (Å²) in [6, 6.07) is 16.6. The summed E-state index contributed by atoms with van der Waals surface area (Å²) in [6.45, 7) is 2.04. The third-order valence-electron chi connectivity index (χ3n) is 7.13. The summed E-state index contributed by atoms with van der Waals surface area (Å²) in [5, 5.41) is 7.92. The average molecular weight is 430 g/mol. The Labute approximate surface area is 189 Å². The fourth-order valence-corrected chi connectivity index (χ4v) is 5.04. The van der Waals surface area contributed by atoms with Crippen molar-refractivity contribution in [1.82, 2.24) is 15.3 Å². The third kappa shape index (κ3) is 4.01. The van der Waals surface area contributed by atoms with Crippen molar-refractivity contribution in [3.05, 3.63) is 59.7 Å². The number of benzene rings is 2. The number of para-hydroxylation sites is 1. The minimum atomic E-state index is 0.0490. The molecule has 3 aromatic rings. The second-order valence-electron chi connectivity index (χ2n) is 9.66. The first-order valence-corrected chi connectivity index (χ1v) is 11.5. The molecule has 6 nitrogen and oxygen atoms in total. The summed E-state index contributed by atoms with van der Waals surface area (Å²) in [5.41, 5.74) is 3.15. The van der Waals surface area contributed by atoms with Crippen LogP contribution in [0.4, 0.5) is 11.8 Å². The number of rotatable bonds is 5. The summed E-state index contributed by atoms with van der Waals surface area (Å²) in [7, 11) is 4.03. The number of nitrogens with zero attached hydrogens (tertiary/aromatic N) is 3. The highest BCUT2D eigenvalue weighted by Gasteiger charge is 2.55. The van der Waals surface area contributed by atoms with Crippen LogP contribution in [0.1, 0.15) is 48.0 Å². The Morgan fingerprint density at radius 3 is 2.47 bits per heavy atom. The molecule has 1 heterocycles. The Morgan fingerprint density at radius 1 is 1.03 bits per heavy atom. The van der Waals surface area contributed by atoms with Gasteiger partial charge in [0.15, 0.2) is 0 Å². The number of carbonyl (C=O) groups excluding carboxylic acids is 1. The molecule has 2 N–H and O–H groups in total. The van der Waals surface area contributed by atoms with Crippen molar-refractivity contribution in [2.45, 2.75) is 51.1 Å². The van der Waals surface area contributed by atoms with Crippen LogP contribution >= 0.6 is 0 Å². The summed E-state index contributed by atoms with van der Waals surface area (Å²) >= 11 is 0. The number of aromatic nitrogens is 2. The number of hydrogen-bond acceptors (Lipinski definition) is 5. The molecule has 5 rings (SSSR count). The van der Waals surface area contributed by atoms with Crippen LogP contribution in [-0.4, -0.2) is 42.1 Å². The minimum absolute atomic E-state index is 0.0490. The van der Waals surface area contributed by atoms with Gasteiger partial charge in [0.2, 0.25) is 5.95 Å². The number of carbonyl (C=O) groups is 1. The Balaban J connectivity index is 1.20. The van der Waals surface area contributed by atoms with E-state index < -0.39 is 0 Å². The molecule has 2 saturated carbocycles. The molecule has 1 aromatic heterocycles. The molecule has 32 heavy (non-hydrogen) atoms. The van der Waals surface area contributed by atoms with Crippen LogP contribution in [0.3, 0.4) is 0 Å². The maximum absolute atomic E-state index is 12.6. The monoisotopic (exact) mass is 429 g/mol. The number of nitrogens with one attached hydrogen (secondary N) is 2. The minimum Gasteiger partial charge on any atom is -0.362 e. The lowest BCUT2D eigenvalue weighted by Gasteiger charge is -2.30. The van der Waals surface area contributed by atoms with Gasteiger partial charge in [-0.25, -0.2) is 4.98 Å². The number of hydrogen-bond donors (Lipinski definition) is 2. The van der Waals surface area contributed by atoms with Gasteiger partial charge in [-0.1, -0.05) is 29.8 Å². The Morgan fingerprint density at radius 2 is 1.75 bits per heavy atom. The molecule has 2 aliphatic carbocycles. The molecular formula is C26H31N5O. The first-order valence-electron chi connectivity index (χ1n) is 11.5. The third-order valence-corrected chi connectivity index (χ3v) is 7.13. The second kappa shape index (κ2) is 8.08. The van der Waals surface area contributed by atoms with Gasteiger partial charge in [-0.2, -0.15) is 4.98 Å². The van der Waals surface area contributed by atoms with E-state index in [1.54, 1.807) is 0 Å². The SMILES string of the molecule is Cc1ccc(C(=O)N[C@@H]2CC23CCC(Nc2nc(N(C)C)c4ccccc4n2)CC3)cc1. The molecule has 0 aliphatic heterocycles. The molecule has 1 spiro atoms. The van der Waals surface area contributed by atoms with E-state index >= 15 is 0 Å². The molecule has 0 saturated heterocycles. The van der Waals surface area contributed by atoms with Crippen LogP contribution in [0.5, 0.6) is 0 Å². The molecular weight excluding hydrogens is 398 g/mol. The highest BCUT2D eigenvalue weighted by Crippen LogP contribution is 2.56. The van der Waals surface area contributed by atoms with E-state index in [4.69, 9.17) is 9.97 Å². The van der Waals surface area contributed by atoms with Crippen molar-refractivity contribution in [3.63, 3.8) is 0 Å². The number of anilines is 2. The van der Waals surface area contributed by atoms with Gasteiger partial charge in [0.05, 0.1) is 5.52 Å². The van der Waals surface area contributed by atoms with Gasteiger partial charge in [0.1, 0.15) is 5.82 Å². The van der Waals surface area contributed by atoms with Crippen LogP contribution in [0, 0.1) is 12.3 Å². The second-order valence-corrected chi connectivity index (χ2v) is 9.66. The van der Waals surface area contributed by atoms with Gasteiger partial charge in [-0.3, -0.25) is 4.79 Å². The maximum atomic E-state index is 12.6. The van der Waals surface area contributed by atoms with Crippen LogP contribution in [0.2, 0.25) is 0 Å². The summed E-state index contributed by atoms with van der Waals surface area (Å²) < 4.78 is 0. The number of fused-ring (bicyclic) bond motifs is 1.